The van der Waals surface area contributed by atoms with Crippen LogP contribution in [0.25, 0.3) is 0 Å². The smallest absolute Gasteiger partial charge is 0.173 e. The van der Waals surface area contributed by atoms with Crippen LogP contribution in [0.5, 0.6) is 5.75 Å². The number of benzene rings is 1. The Morgan fingerprint density at radius 3 is 2.84 bits per heavy atom. The lowest BCUT2D eigenvalue weighted by Gasteiger charge is -2.16. The van der Waals surface area contributed by atoms with Gasteiger partial charge in [-0.15, -0.1) is 0 Å². The molecule has 1 aromatic rings. The molecule has 3 N–H and O–H groups in total. The Kier molecular flexibility index (Phi) is 4.63. The summed E-state index contributed by atoms with van der Waals surface area (Å²) in [6.45, 7) is 5.81. The van der Waals surface area contributed by atoms with Crippen LogP contribution in [0.15, 0.2) is 23.4 Å². The average Bonchev–Trinajstić information content (AvgIpc) is 2.92. The lowest BCUT2D eigenvalue weighted by Crippen LogP contribution is -2.25. The molecule has 5 nitrogen and oxygen atoms in total. The largest absolute Gasteiger partial charge is 0.491 e. The number of aryl methyl sites for hydroxylation is 1. The van der Waals surface area contributed by atoms with E-state index < -0.39 is 0 Å². The van der Waals surface area contributed by atoms with Crippen molar-refractivity contribution < 1.29 is 9.94 Å². The first kappa shape index (κ1) is 13.7. The van der Waals surface area contributed by atoms with Crippen molar-refractivity contribution in [3.63, 3.8) is 0 Å². The molecule has 1 heterocycles. The molecule has 0 aliphatic carbocycles. The summed E-state index contributed by atoms with van der Waals surface area (Å²) in [5.74, 6) is 0.750. The second-order valence-electron chi connectivity index (χ2n) is 4.88. The summed E-state index contributed by atoms with van der Waals surface area (Å²) in [5, 5.41) is 11.9. The third-order valence-electron chi connectivity index (χ3n) is 3.38. The van der Waals surface area contributed by atoms with Gasteiger partial charge >= 0.3 is 0 Å². The quantitative estimate of drug-likeness (QED) is 0.366. The van der Waals surface area contributed by atoms with Crippen LogP contribution in [-0.4, -0.2) is 42.2 Å². The number of hydrogen-bond donors (Lipinski definition) is 2. The van der Waals surface area contributed by atoms with Gasteiger partial charge in [-0.1, -0.05) is 16.8 Å². The van der Waals surface area contributed by atoms with E-state index in [1.54, 1.807) is 0 Å². The second-order valence-corrected chi connectivity index (χ2v) is 4.88. The van der Waals surface area contributed by atoms with Crippen molar-refractivity contribution in [1.29, 1.82) is 0 Å². The molecule has 2 rings (SSSR count). The molecular weight excluding hydrogens is 242 g/mol. The zero-order valence-electron chi connectivity index (χ0n) is 11.3. The summed E-state index contributed by atoms with van der Waals surface area (Å²) >= 11 is 0. The summed E-state index contributed by atoms with van der Waals surface area (Å²) < 4.78 is 5.76. The van der Waals surface area contributed by atoms with Crippen molar-refractivity contribution in [3.8, 4) is 5.75 Å². The molecule has 1 aromatic carbocycles. The zero-order chi connectivity index (χ0) is 13.7. The van der Waals surface area contributed by atoms with Crippen LogP contribution in [0.2, 0.25) is 0 Å². The maximum atomic E-state index is 8.80. The molecule has 0 amide bonds. The van der Waals surface area contributed by atoms with Gasteiger partial charge in [-0.25, -0.2) is 0 Å². The SMILES string of the molecule is Cc1ccc(OCCN2CCCC2)c(/C(N)=N/O)c1. The summed E-state index contributed by atoms with van der Waals surface area (Å²) in [6.07, 6.45) is 2.56. The van der Waals surface area contributed by atoms with E-state index in [1.807, 2.05) is 25.1 Å². The van der Waals surface area contributed by atoms with E-state index in [1.165, 1.54) is 12.8 Å². The molecule has 19 heavy (non-hydrogen) atoms. The van der Waals surface area contributed by atoms with Crippen molar-refractivity contribution in [3.05, 3.63) is 29.3 Å². The summed E-state index contributed by atoms with van der Waals surface area (Å²) in [6, 6.07) is 5.69. The number of oxime groups is 1. The highest BCUT2D eigenvalue weighted by Crippen LogP contribution is 2.20. The number of amidine groups is 1. The van der Waals surface area contributed by atoms with Crippen LogP contribution in [-0.2, 0) is 0 Å². The normalized spacial score (nSPS) is 16.8. The molecule has 1 aliphatic rings. The number of rotatable bonds is 5. The van der Waals surface area contributed by atoms with E-state index in [0.717, 1.165) is 25.2 Å². The minimum atomic E-state index is 0.0832. The molecule has 0 bridgehead atoms. The predicted octanol–water partition coefficient (Wildman–Crippen LogP) is 1.56. The first-order valence-electron chi connectivity index (χ1n) is 6.64. The van der Waals surface area contributed by atoms with Gasteiger partial charge in [0, 0.05) is 6.54 Å². The minimum Gasteiger partial charge on any atom is -0.491 e. The third kappa shape index (κ3) is 3.61. The standard InChI is InChI=1S/C14H21N3O2/c1-11-4-5-13(12(10-11)14(15)16-18)19-9-8-17-6-2-3-7-17/h4-5,10,18H,2-3,6-9H2,1H3,(H2,15,16). The second kappa shape index (κ2) is 6.43. The Balaban J connectivity index is 1.98. The summed E-state index contributed by atoms with van der Waals surface area (Å²) in [5.41, 5.74) is 7.36. The Hall–Kier alpha value is -1.75. The van der Waals surface area contributed by atoms with Crippen LogP contribution in [0.4, 0.5) is 0 Å². The van der Waals surface area contributed by atoms with Crippen molar-refractivity contribution in [2.24, 2.45) is 10.9 Å². The number of ether oxygens (including phenoxy) is 1. The Bertz CT molecular complexity index is 454. The molecule has 1 saturated heterocycles. The minimum absolute atomic E-state index is 0.0832. The molecule has 5 heteroatoms. The molecule has 0 saturated carbocycles. The molecule has 1 fully saturated rings. The lowest BCUT2D eigenvalue weighted by atomic mass is 10.1. The van der Waals surface area contributed by atoms with Gasteiger partial charge in [0.1, 0.15) is 12.4 Å². The van der Waals surface area contributed by atoms with Crippen molar-refractivity contribution in [2.45, 2.75) is 19.8 Å². The third-order valence-corrected chi connectivity index (χ3v) is 3.38. The van der Waals surface area contributed by atoms with Gasteiger partial charge < -0.3 is 15.7 Å². The Labute approximate surface area is 113 Å². The zero-order valence-corrected chi connectivity index (χ0v) is 11.3. The van der Waals surface area contributed by atoms with Crippen LogP contribution in [0.1, 0.15) is 24.0 Å². The van der Waals surface area contributed by atoms with Crippen molar-refractivity contribution >= 4 is 5.84 Å². The van der Waals surface area contributed by atoms with Gasteiger partial charge in [0.2, 0.25) is 0 Å². The number of nitrogens with zero attached hydrogens (tertiary/aromatic N) is 2. The van der Waals surface area contributed by atoms with Crippen molar-refractivity contribution in [2.75, 3.05) is 26.2 Å². The number of hydrogen-bond acceptors (Lipinski definition) is 4. The van der Waals surface area contributed by atoms with E-state index in [4.69, 9.17) is 15.7 Å². The molecule has 0 unspecified atom stereocenters. The Morgan fingerprint density at radius 1 is 1.42 bits per heavy atom. The van der Waals surface area contributed by atoms with E-state index in [2.05, 4.69) is 10.1 Å². The fourth-order valence-electron chi connectivity index (χ4n) is 2.31. The van der Waals surface area contributed by atoms with Gasteiger partial charge in [-0.2, -0.15) is 0 Å². The van der Waals surface area contributed by atoms with Gasteiger partial charge in [0.25, 0.3) is 0 Å². The first-order valence-corrected chi connectivity index (χ1v) is 6.64. The highest BCUT2D eigenvalue weighted by molar-refractivity contribution is 5.99. The van der Waals surface area contributed by atoms with Crippen LogP contribution < -0.4 is 10.5 Å². The molecule has 0 spiro atoms. The number of nitrogens with two attached hydrogens (primary N) is 1. The molecule has 0 aromatic heterocycles. The fraction of sp³-hybridized carbons (Fsp3) is 0.500. The van der Waals surface area contributed by atoms with Crippen LogP contribution in [0.3, 0.4) is 0 Å². The van der Waals surface area contributed by atoms with Crippen molar-refractivity contribution in [1.82, 2.24) is 4.90 Å². The maximum Gasteiger partial charge on any atom is 0.173 e. The van der Waals surface area contributed by atoms with E-state index in [0.29, 0.717) is 17.9 Å². The Morgan fingerprint density at radius 2 is 2.16 bits per heavy atom. The molecule has 0 radical (unpaired) electrons. The van der Waals surface area contributed by atoms with Crippen LogP contribution in [0, 0.1) is 6.92 Å². The van der Waals surface area contributed by atoms with Gasteiger partial charge in [0.05, 0.1) is 5.56 Å². The highest BCUT2D eigenvalue weighted by atomic mass is 16.5. The van der Waals surface area contributed by atoms with E-state index >= 15 is 0 Å². The molecule has 0 atom stereocenters. The number of likely N-dealkylation sites (tertiary alicyclic amines) is 1. The monoisotopic (exact) mass is 263 g/mol. The van der Waals surface area contributed by atoms with Gasteiger partial charge in [0.15, 0.2) is 5.84 Å². The van der Waals surface area contributed by atoms with Gasteiger partial charge in [-0.3, -0.25) is 4.90 Å². The summed E-state index contributed by atoms with van der Waals surface area (Å²) in [4.78, 5) is 2.39. The van der Waals surface area contributed by atoms with E-state index in [9.17, 15) is 0 Å². The predicted molar refractivity (Wildman–Crippen MR) is 74.9 cm³/mol. The topological polar surface area (TPSA) is 71.1 Å². The average molecular weight is 263 g/mol. The molecular formula is C14H21N3O2. The van der Waals surface area contributed by atoms with Crippen LogP contribution >= 0.6 is 0 Å². The first-order chi connectivity index (χ1) is 9.20. The summed E-state index contributed by atoms with van der Waals surface area (Å²) in [7, 11) is 0. The molecule has 1 aliphatic heterocycles. The van der Waals surface area contributed by atoms with Gasteiger partial charge in [-0.05, 0) is 45.0 Å². The highest BCUT2D eigenvalue weighted by Gasteiger charge is 2.12. The fourth-order valence-corrected chi connectivity index (χ4v) is 2.31. The maximum absolute atomic E-state index is 8.80. The lowest BCUT2D eigenvalue weighted by molar-refractivity contribution is 0.237. The molecule has 104 valence electrons. The van der Waals surface area contributed by atoms with E-state index in [-0.39, 0.29) is 5.84 Å².